The van der Waals surface area contributed by atoms with Gasteiger partial charge in [-0.2, -0.15) is 9.97 Å². The molecule has 174 valence electrons. The lowest BCUT2D eigenvalue weighted by atomic mass is 10.1. The number of aromatic nitrogens is 4. The van der Waals surface area contributed by atoms with Gasteiger partial charge in [0.2, 0.25) is 5.28 Å². The molecule has 0 saturated carbocycles. The van der Waals surface area contributed by atoms with E-state index in [1.165, 1.54) is 10.9 Å². The molecule has 14 nitrogen and oxygen atoms in total. The Labute approximate surface area is 180 Å². The molecule has 0 aliphatic carbocycles. The zero-order valence-corrected chi connectivity index (χ0v) is 18.9. The monoisotopic (exact) mass is 501 g/mol. The molecular formula is C14H22ClN5O9P2. The summed E-state index contributed by atoms with van der Waals surface area (Å²) in [6.45, 7) is 3.07. The van der Waals surface area contributed by atoms with Crippen LogP contribution in [0, 0.1) is 0 Å². The van der Waals surface area contributed by atoms with Gasteiger partial charge in [-0.15, -0.1) is 0 Å². The molecular weight excluding hydrogens is 480 g/mol. The maximum atomic E-state index is 11.8. The van der Waals surface area contributed by atoms with Crippen molar-refractivity contribution in [1.82, 2.24) is 19.5 Å². The van der Waals surface area contributed by atoms with Crippen LogP contribution in [-0.2, 0) is 18.4 Å². The molecule has 0 amide bonds. The van der Waals surface area contributed by atoms with Crippen molar-refractivity contribution in [2.75, 3.05) is 17.8 Å². The Morgan fingerprint density at radius 3 is 2.55 bits per heavy atom. The minimum Gasteiger partial charge on any atom is -0.387 e. The molecule has 0 radical (unpaired) electrons. The van der Waals surface area contributed by atoms with Gasteiger partial charge < -0.3 is 39.5 Å². The first-order valence-electron chi connectivity index (χ1n) is 8.96. The summed E-state index contributed by atoms with van der Waals surface area (Å²) in [7, 11) is -9.47. The minimum absolute atomic E-state index is 0.0123. The lowest BCUT2D eigenvalue weighted by Gasteiger charge is -2.18. The van der Waals surface area contributed by atoms with Crippen LogP contribution in [0.15, 0.2) is 6.33 Å². The van der Waals surface area contributed by atoms with Crippen molar-refractivity contribution in [2.24, 2.45) is 0 Å². The van der Waals surface area contributed by atoms with Crippen molar-refractivity contribution in [1.29, 1.82) is 0 Å². The predicted molar refractivity (Wildman–Crippen MR) is 108 cm³/mol. The molecule has 2 aromatic heterocycles. The van der Waals surface area contributed by atoms with Crippen LogP contribution in [0.1, 0.15) is 20.1 Å². The molecule has 0 aromatic carbocycles. The summed E-state index contributed by atoms with van der Waals surface area (Å²) in [6, 6.07) is 0.0123. The third kappa shape index (κ3) is 5.79. The van der Waals surface area contributed by atoms with Crippen molar-refractivity contribution in [3.8, 4) is 0 Å². The number of aliphatic hydroxyl groups is 2. The number of fused-ring (bicyclic) bond motifs is 1. The number of aliphatic hydroxyl groups excluding tert-OH is 2. The molecule has 1 unspecified atom stereocenters. The average molecular weight is 502 g/mol. The number of hydrogen-bond donors (Lipinski definition) is 6. The molecule has 0 spiro atoms. The Morgan fingerprint density at radius 1 is 1.26 bits per heavy atom. The first-order chi connectivity index (χ1) is 14.3. The highest BCUT2D eigenvalue weighted by atomic mass is 35.5. The van der Waals surface area contributed by atoms with Crippen LogP contribution < -0.4 is 5.32 Å². The number of ether oxygens (including phenoxy) is 1. The van der Waals surface area contributed by atoms with Crippen LogP contribution in [-0.4, -0.2) is 81.3 Å². The van der Waals surface area contributed by atoms with Gasteiger partial charge in [-0.05, 0) is 25.4 Å². The molecule has 5 atom stereocenters. The average Bonchev–Trinajstić information content (AvgIpc) is 3.13. The number of nitrogens with one attached hydrogen (secondary N) is 1. The number of imidazole rings is 1. The van der Waals surface area contributed by atoms with E-state index in [9.17, 15) is 24.2 Å². The molecule has 0 bridgehead atoms. The first-order valence-corrected chi connectivity index (χ1v) is 12.9. The Kier molecular flexibility index (Phi) is 7.09. The molecule has 31 heavy (non-hydrogen) atoms. The number of halogens is 1. The Balaban J connectivity index is 1.81. The number of rotatable bonds is 8. The quantitative estimate of drug-likeness (QED) is 0.212. The standard InChI is InChI=1S/C14H22ClN5O9P2/c1-6(2)17-11-8-12(19-14(15)18-11)20(4-16-8)13-10(22)9(21)7(29-13)3-28-31(26,27)5-30(23,24)25/h4,6-7,9-10,13,21-22H,3,5H2,1-2H3,(H,26,27)(H,17,18,19)(H2,23,24,25)/t7-,9-,10-,13-/m1/s1. The fourth-order valence-corrected chi connectivity index (χ4v) is 5.74. The van der Waals surface area contributed by atoms with E-state index >= 15 is 0 Å². The maximum Gasteiger partial charge on any atom is 0.340 e. The fourth-order valence-electron chi connectivity index (χ4n) is 3.01. The number of nitrogens with zero attached hydrogens (tertiary/aromatic N) is 4. The summed E-state index contributed by atoms with van der Waals surface area (Å²) in [5.41, 5.74) is 0.542. The van der Waals surface area contributed by atoms with Crippen molar-refractivity contribution < 1.29 is 43.3 Å². The number of hydrogen-bond acceptors (Lipinski definition) is 10. The molecule has 17 heteroatoms. The van der Waals surface area contributed by atoms with Gasteiger partial charge in [-0.1, -0.05) is 0 Å². The van der Waals surface area contributed by atoms with Crippen LogP contribution in [0.2, 0.25) is 5.28 Å². The van der Waals surface area contributed by atoms with Crippen LogP contribution in [0.5, 0.6) is 0 Å². The summed E-state index contributed by atoms with van der Waals surface area (Å²) in [5, 5.41) is 23.7. The molecule has 1 aliphatic rings. The zero-order chi connectivity index (χ0) is 23.1. The van der Waals surface area contributed by atoms with Crippen LogP contribution in [0.3, 0.4) is 0 Å². The zero-order valence-electron chi connectivity index (χ0n) is 16.3. The van der Waals surface area contributed by atoms with Crippen molar-refractivity contribution >= 4 is 43.8 Å². The highest BCUT2D eigenvalue weighted by molar-refractivity contribution is 7.70. The summed E-state index contributed by atoms with van der Waals surface area (Å²) >= 11 is 5.99. The predicted octanol–water partition coefficient (Wildman–Crippen LogP) is 0.256. The van der Waals surface area contributed by atoms with E-state index in [2.05, 4.69) is 24.8 Å². The lowest BCUT2D eigenvalue weighted by Crippen LogP contribution is -2.33. The summed E-state index contributed by atoms with van der Waals surface area (Å²) in [6.07, 6.45) is -4.22. The molecule has 3 heterocycles. The molecule has 6 N–H and O–H groups in total. The van der Waals surface area contributed by atoms with Gasteiger partial charge in [-0.3, -0.25) is 13.7 Å². The highest BCUT2D eigenvalue weighted by Gasteiger charge is 2.45. The Morgan fingerprint density at radius 2 is 1.94 bits per heavy atom. The van der Waals surface area contributed by atoms with Crippen molar-refractivity contribution in [3.63, 3.8) is 0 Å². The normalized spacial score (nSPS) is 26.5. The second kappa shape index (κ2) is 8.99. The summed E-state index contributed by atoms with van der Waals surface area (Å²) < 4.78 is 34.3. The van der Waals surface area contributed by atoms with E-state index in [4.69, 9.17) is 26.1 Å². The van der Waals surface area contributed by atoms with Gasteiger partial charge in [0.1, 0.15) is 18.3 Å². The third-order valence-corrected chi connectivity index (χ3v) is 7.86. The van der Waals surface area contributed by atoms with E-state index in [1.807, 2.05) is 13.8 Å². The van der Waals surface area contributed by atoms with Crippen molar-refractivity contribution in [3.05, 3.63) is 11.6 Å². The number of anilines is 1. The van der Waals surface area contributed by atoms with Gasteiger partial charge in [0.25, 0.3) is 0 Å². The second-order valence-corrected chi connectivity index (χ2v) is 11.6. The summed E-state index contributed by atoms with van der Waals surface area (Å²) in [4.78, 5) is 39.7. The topological polar surface area (TPSA) is 209 Å². The van der Waals surface area contributed by atoms with Gasteiger partial charge >= 0.3 is 15.2 Å². The molecule has 2 aromatic rings. The molecule has 1 saturated heterocycles. The van der Waals surface area contributed by atoms with Gasteiger partial charge in [0, 0.05) is 6.04 Å². The van der Waals surface area contributed by atoms with E-state index in [1.54, 1.807) is 0 Å². The third-order valence-electron chi connectivity index (χ3n) is 4.23. The lowest BCUT2D eigenvalue weighted by molar-refractivity contribution is -0.0483. The SMILES string of the molecule is CC(C)Nc1nc(Cl)nc2c1ncn2[C@@H]1O[C@H](COP(=O)(O)CP(=O)(O)O)[C@@H](O)[C@H]1O. The van der Waals surface area contributed by atoms with Gasteiger partial charge in [-0.25, -0.2) is 4.98 Å². The highest BCUT2D eigenvalue weighted by Crippen LogP contribution is 2.55. The van der Waals surface area contributed by atoms with E-state index in [-0.39, 0.29) is 17.0 Å². The summed E-state index contributed by atoms with van der Waals surface area (Å²) in [5.74, 6) is -1.03. The van der Waals surface area contributed by atoms with Crippen LogP contribution >= 0.6 is 26.8 Å². The fraction of sp³-hybridized carbons (Fsp3) is 0.643. The smallest absolute Gasteiger partial charge is 0.340 e. The minimum atomic E-state index is -4.81. The maximum absolute atomic E-state index is 11.8. The second-order valence-electron chi connectivity index (χ2n) is 7.25. The van der Waals surface area contributed by atoms with Crippen molar-refractivity contribution in [2.45, 2.75) is 44.4 Å². The first kappa shape index (κ1) is 24.5. The molecule has 1 aliphatic heterocycles. The van der Waals surface area contributed by atoms with Crippen LogP contribution in [0.25, 0.3) is 11.2 Å². The Hall–Kier alpha value is -1.18. The Bertz CT molecular complexity index is 1050. The van der Waals surface area contributed by atoms with E-state index in [0.29, 0.717) is 11.3 Å². The van der Waals surface area contributed by atoms with E-state index < -0.39 is 52.2 Å². The molecule has 1 fully saturated rings. The van der Waals surface area contributed by atoms with Gasteiger partial charge in [0.15, 0.2) is 29.1 Å². The van der Waals surface area contributed by atoms with Crippen LogP contribution in [0.4, 0.5) is 5.82 Å². The van der Waals surface area contributed by atoms with E-state index in [0.717, 1.165) is 0 Å². The molecule has 3 rings (SSSR count). The van der Waals surface area contributed by atoms with Gasteiger partial charge in [0.05, 0.1) is 12.9 Å². The largest absolute Gasteiger partial charge is 0.387 e.